The van der Waals surface area contributed by atoms with Crippen LogP contribution >= 0.6 is 23.2 Å². The number of ketones is 1. The first kappa shape index (κ1) is 17.6. The van der Waals surface area contributed by atoms with E-state index in [0.717, 1.165) is 29.1 Å². The minimum atomic E-state index is -0.341. The van der Waals surface area contributed by atoms with Crippen LogP contribution in [0.2, 0.25) is 10.0 Å². The number of fused-ring (bicyclic) bond motifs is 2. The number of benzene rings is 2. The molecule has 1 fully saturated rings. The molecule has 4 rings (SSSR count). The molecule has 2 atom stereocenters. The van der Waals surface area contributed by atoms with Crippen molar-refractivity contribution in [3.05, 3.63) is 58.1 Å². The van der Waals surface area contributed by atoms with Crippen molar-refractivity contribution in [2.24, 2.45) is 16.3 Å². The summed E-state index contributed by atoms with van der Waals surface area (Å²) in [5.74, 6) is -0.146. The number of carbonyl (C=O) groups is 1. The second kappa shape index (κ2) is 6.40. The summed E-state index contributed by atoms with van der Waals surface area (Å²) < 4.78 is 0. The Kier molecular flexibility index (Phi) is 4.32. The van der Waals surface area contributed by atoms with E-state index in [9.17, 15) is 4.79 Å². The number of para-hydroxylation sites is 2. The second-order valence-electron chi connectivity index (χ2n) is 7.87. The van der Waals surface area contributed by atoms with Crippen LogP contribution in [0.4, 0.5) is 11.4 Å². The lowest BCUT2D eigenvalue weighted by Crippen LogP contribution is -2.42. The molecule has 26 heavy (non-hydrogen) atoms. The van der Waals surface area contributed by atoms with Crippen LogP contribution < -0.4 is 5.32 Å². The maximum atomic E-state index is 13.1. The molecule has 0 bridgehead atoms. The number of hydrogen-bond acceptors (Lipinski definition) is 3. The van der Waals surface area contributed by atoms with Crippen molar-refractivity contribution < 1.29 is 4.79 Å². The highest BCUT2D eigenvalue weighted by Crippen LogP contribution is 2.46. The number of nitrogens with zero attached hydrogens (tertiary/aromatic N) is 1. The van der Waals surface area contributed by atoms with Gasteiger partial charge in [0, 0.05) is 22.2 Å². The predicted molar refractivity (Wildman–Crippen MR) is 108 cm³/mol. The lowest BCUT2D eigenvalue weighted by atomic mass is 9.68. The quantitative estimate of drug-likeness (QED) is 0.630. The van der Waals surface area contributed by atoms with E-state index in [-0.39, 0.29) is 23.2 Å². The van der Waals surface area contributed by atoms with E-state index in [0.29, 0.717) is 16.5 Å². The molecule has 134 valence electrons. The minimum absolute atomic E-state index is 0.0889. The van der Waals surface area contributed by atoms with E-state index in [1.807, 2.05) is 30.3 Å². The molecule has 0 radical (unpaired) electrons. The Morgan fingerprint density at radius 1 is 1.12 bits per heavy atom. The van der Waals surface area contributed by atoms with E-state index in [1.165, 1.54) is 0 Å². The van der Waals surface area contributed by atoms with Gasteiger partial charge in [0.15, 0.2) is 0 Å². The number of anilines is 1. The van der Waals surface area contributed by atoms with Crippen molar-refractivity contribution in [2.45, 2.75) is 32.7 Å². The maximum absolute atomic E-state index is 13.1. The number of rotatable bonds is 1. The number of hydrogen-bond donors (Lipinski definition) is 1. The molecule has 3 nitrogen and oxygen atoms in total. The summed E-state index contributed by atoms with van der Waals surface area (Å²) in [4.78, 5) is 18.0. The second-order valence-corrected chi connectivity index (χ2v) is 8.71. The molecule has 1 N–H and O–H groups in total. The van der Waals surface area contributed by atoms with Gasteiger partial charge in [0.05, 0.1) is 23.3 Å². The van der Waals surface area contributed by atoms with Crippen molar-refractivity contribution in [1.29, 1.82) is 0 Å². The Balaban J connectivity index is 1.90. The number of carbonyl (C=O) groups excluding carboxylic acids is 1. The molecule has 0 saturated heterocycles. The molecular formula is C21H20Cl2N2O. The van der Waals surface area contributed by atoms with Crippen molar-refractivity contribution in [2.75, 3.05) is 5.32 Å². The van der Waals surface area contributed by atoms with Gasteiger partial charge >= 0.3 is 0 Å². The standard InChI is InChI=1S/C21H20Cl2N2O/c1-21(2)10-17-19(18(26)11-21)20(13-9-12(22)7-8-14(13)23)25-16-6-4-3-5-15(16)24-17/h3-9,19-20,25H,10-11H2,1-2H3. The Bertz CT molecular complexity index is 920. The van der Waals surface area contributed by atoms with Gasteiger partial charge in [-0.05, 0) is 47.7 Å². The zero-order valence-electron chi connectivity index (χ0n) is 14.7. The number of nitrogens with one attached hydrogen (secondary N) is 1. The zero-order valence-corrected chi connectivity index (χ0v) is 16.2. The SMILES string of the molecule is CC1(C)CC(=O)C2C(=Nc3ccccc3NC2c2cc(Cl)ccc2Cl)C1. The lowest BCUT2D eigenvalue weighted by Gasteiger charge is -2.37. The fourth-order valence-corrected chi connectivity index (χ4v) is 4.44. The van der Waals surface area contributed by atoms with Gasteiger partial charge in [-0.1, -0.05) is 49.2 Å². The molecule has 0 aromatic heterocycles. The Hall–Kier alpha value is -1.84. The van der Waals surface area contributed by atoms with E-state index < -0.39 is 0 Å². The molecule has 5 heteroatoms. The van der Waals surface area contributed by atoms with Gasteiger partial charge in [0.25, 0.3) is 0 Å². The third kappa shape index (κ3) is 3.15. The van der Waals surface area contributed by atoms with E-state index in [2.05, 4.69) is 19.2 Å². The van der Waals surface area contributed by atoms with Crippen LogP contribution in [0, 0.1) is 11.3 Å². The first-order valence-electron chi connectivity index (χ1n) is 8.75. The van der Waals surface area contributed by atoms with Gasteiger partial charge < -0.3 is 5.32 Å². The first-order valence-corrected chi connectivity index (χ1v) is 9.50. The molecule has 1 saturated carbocycles. The van der Waals surface area contributed by atoms with Gasteiger partial charge in [-0.25, -0.2) is 0 Å². The fraction of sp³-hybridized carbons (Fsp3) is 0.333. The molecule has 0 amide bonds. The van der Waals surface area contributed by atoms with Crippen molar-refractivity contribution in [1.82, 2.24) is 0 Å². The average Bonchev–Trinajstić information content (AvgIpc) is 2.72. The summed E-state index contributed by atoms with van der Waals surface area (Å²) in [6.07, 6.45) is 1.32. The van der Waals surface area contributed by atoms with E-state index in [4.69, 9.17) is 28.2 Å². The molecule has 2 unspecified atom stereocenters. The van der Waals surface area contributed by atoms with Gasteiger partial charge in [-0.15, -0.1) is 0 Å². The third-order valence-corrected chi connectivity index (χ3v) is 5.70. The van der Waals surface area contributed by atoms with Crippen molar-refractivity contribution in [3.63, 3.8) is 0 Å². The van der Waals surface area contributed by atoms with Crippen LogP contribution in [-0.2, 0) is 4.79 Å². The molecule has 2 aromatic carbocycles. The summed E-state index contributed by atoms with van der Waals surface area (Å²) in [5.41, 5.74) is 3.43. The third-order valence-electron chi connectivity index (χ3n) is 5.12. The average molecular weight is 387 g/mol. The predicted octanol–water partition coefficient (Wildman–Crippen LogP) is 6.24. The van der Waals surface area contributed by atoms with Gasteiger partial charge in [-0.3, -0.25) is 9.79 Å². The van der Waals surface area contributed by atoms with Crippen LogP contribution in [0.15, 0.2) is 47.5 Å². The maximum Gasteiger partial charge on any atom is 0.144 e. The number of halogens is 2. The van der Waals surface area contributed by atoms with Crippen LogP contribution in [0.3, 0.4) is 0 Å². The summed E-state index contributed by atoms with van der Waals surface area (Å²) in [6.45, 7) is 4.24. The normalized spacial score (nSPS) is 24.0. The summed E-state index contributed by atoms with van der Waals surface area (Å²) in [5, 5.41) is 4.73. The topological polar surface area (TPSA) is 41.5 Å². The van der Waals surface area contributed by atoms with E-state index >= 15 is 0 Å². The smallest absolute Gasteiger partial charge is 0.144 e. The molecule has 1 aliphatic carbocycles. The highest BCUT2D eigenvalue weighted by atomic mass is 35.5. The fourth-order valence-electron chi connectivity index (χ4n) is 4.03. The molecule has 1 aliphatic heterocycles. The molecule has 0 spiro atoms. The van der Waals surface area contributed by atoms with Gasteiger partial charge in [0.2, 0.25) is 0 Å². The molecule has 2 aromatic rings. The Morgan fingerprint density at radius 2 is 1.88 bits per heavy atom. The highest BCUT2D eigenvalue weighted by Gasteiger charge is 2.44. The zero-order chi connectivity index (χ0) is 18.5. The highest BCUT2D eigenvalue weighted by molar-refractivity contribution is 6.33. The van der Waals surface area contributed by atoms with Crippen LogP contribution in [0.1, 0.15) is 38.3 Å². The molecule has 1 heterocycles. The monoisotopic (exact) mass is 386 g/mol. The van der Waals surface area contributed by atoms with Gasteiger partial charge in [0.1, 0.15) is 5.78 Å². The number of aliphatic imine (C=N–C) groups is 1. The number of Topliss-reactive ketones (excluding diaryl/α,β-unsaturated/α-hetero) is 1. The van der Waals surface area contributed by atoms with E-state index in [1.54, 1.807) is 12.1 Å². The summed E-state index contributed by atoms with van der Waals surface area (Å²) in [6, 6.07) is 13.0. The van der Waals surface area contributed by atoms with Crippen LogP contribution in [0.5, 0.6) is 0 Å². The largest absolute Gasteiger partial charge is 0.375 e. The summed E-state index contributed by atoms with van der Waals surface area (Å²) in [7, 11) is 0. The van der Waals surface area contributed by atoms with Crippen LogP contribution in [-0.4, -0.2) is 11.5 Å². The van der Waals surface area contributed by atoms with Crippen molar-refractivity contribution >= 4 is 46.1 Å². The Labute approximate surface area is 163 Å². The molecular weight excluding hydrogens is 367 g/mol. The molecule has 2 aliphatic rings. The minimum Gasteiger partial charge on any atom is -0.375 e. The van der Waals surface area contributed by atoms with Crippen molar-refractivity contribution in [3.8, 4) is 0 Å². The van der Waals surface area contributed by atoms with Crippen LogP contribution in [0.25, 0.3) is 0 Å². The first-order chi connectivity index (χ1) is 12.3. The van der Waals surface area contributed by atoms with Gasteiger partial charge in [-0.2, -0.15) is 0 Å². The summed E-state index contributed by atoms with van der Waals surface area (Å²) >= 11 is 12.7. The Morgan fingerprint density at radius 3 is 2.69 bits per heavy atom. The lowest BCUT2D eigenvalue weighted by molar-refractivity contribution is -0.124.